The molecule has 0 aliphatic heterocycles. The van der Waals surface area contributed by atoms with Gasteiger partial charge in [0, 0.05) is 6.20 Å². The number of ether oxygens (including phenoxy) is 1. The molecule has 4 nitrogen and oxygen atoms in total. The van der Waals surface area contributed by atoms with Gasteiger partial charge in [-0.05, 0) is 0 Å². The molecule has 0 saturated heterocycles. The Morgan fingerprint density at radius 1 is 1.64 bits per heavy atom. The van der Waals surface area contributed by atoms with Crippen molar-refractivity contribution in [3.05, 3.63) is 17.3 Å². The Bertz CT molecular complexity index is 355. The van der Waals surface area contributed by atoms with Crippen LogP contribution in [0.15, 0.2) is 6.20 Å². The van der Waals surface area contributed by atoms with Gasteiger partial charge in [-0.2, -0.15) is 0 Å². The van der Waals surface area contributed by atoms with Gasteiger partial charge in [-0.25, -0.2) is 13.8 Å². The Morgan fingerprint density at radius 2 is 2.29 bits per heavy atom. The number of nitrogens with two attached hydrogens (primary N) is 1. The molecule has 0 atom stereocenters. The Kier molecular flexibility index (Phi) is 2.95. The number of nitrogen functional groups attached to an aromatic ring is 1. The van der Waals surface area contributed by atoms with E-state index in [4.69, 9.17) is 5.73 Å². The van der Waals surface area contributed by atoms with Crippen LogP contribution in [0.25, 0.3) is 0 Å². The Hall–Kier alpha value is -1.72. The van der Waals surface area contributed by atoms with Crippen LogP contribution < -0.4 is 10.5 Å². The number of halogens is 2. The van der Waals surface area contributed by atoms with Crippen molar-refractivity contribution in [1.29, 1.82) is 0 Å². The van der Waals surface area contributed by atoms with Gasteiger partial charge >= 0.3 is 0 Å². The zero-order chi connectivity index (χ0) is 10.7. The van der Waals surface area contributed by atoms with Crippen LogP contribution >= 0.6 is 0 Å². The SMILES string of the molecule is COc1c(C=O)cnc(N)c1C(F)F. The highest BCUT2D eigenvalue weighted by molar-refractivity contribution is 5.81. The number of nitrogens with zero attached hydrogens (tertiary/aromatic N) is 1. The third-order valence-electron chi connectivity index (χ3n) is 1.67. The average molecular weight is 202 g/mol. The summed E-state index contributed by atoms with van der Waals surface area (Å²) in [5.74, 6) is -0.551. The molecule has 0 aliphatic rings. The van der Waals surface area contributed by atoms with Gasteiger partial charge in [0.15, 0.2) is 6.29 Å². The first-order valence-corrected chi connectivity index (χ1v) is 3.67. The number of anilines is 1. The van der Waals surface area contributed by atoms with Gasteiger partial charge in [-0.1, -0.05) is 0 Å². The van der Waals surface area contributed by atoms with Gasteiger partial charge in [0.25, 0.3) is 6.43 Å². The summed E-state index contributed by atoms with van der Waals surface area (Å²) in [5.41, 5.74) is 4.65. The zero-order valence-electron chi connectivity index (χ0n) is 7.33. The smallest absolute Gasteiger partial charge is 0.271 e. The molecular weight excluding hydrogens is 194 g/mol. The van der Waals surface area contributed by atoms with E-state index in [-0.39, 0.29) is 17.1 Å². The van der Waals surface area contributed by atoms with Crippen LogP contribution in [-0.2, 0) is 0 Å². The fourth-order valence-corrected chi connectivity index (χ4v) is 1.06. The molecule has 0 bridgehead atoms. The number of methoxy groups -OCH3 is 1. The molecule has 0 saturated carbocycles. The molecule has 6 heteroatoms. The van der Waals surface area contributed by atoms with Gasteiger partial charge in [0.2, 0.25) is 0 Å². The van der Waals surface area contributed by atoms with E-state index in [9.17, 15) is 13.6 Å². The molecule has 0 amide bonds. The Labute approximate surface area is 78.7 Å². The minimum atomic E-state index is -2.82. The monoisotopic (exact) mass is 202 g/mol. The van der Waals surface area contributed by atoms with Crippen molar-refractivity contribution in [2.75, 3.05) is 12.8 Å². The number of aldehydes is 1. The fourth-order valence-electron chi connectivity index (χ4n) is 1.06. The minimum Gasteiger partial charge on any atom is -0.495 e. The number of aromatic nitrogens is 1. The number of hydrogen-bond donors (Lipinski definition) is 1. The number of carbonyl (C=O) groups excluding carboxylic acids is 1. The summed E-state index contributed by atoms with van der Waals surface area (Å²) in [6, 6.07) is 0. The van der Waals surface area contributed by atoms with E-state index in [0.717, 1.165) is 6.20 Å². The summed E-state index contributed by atoms with van der Waals surface area (Å²) >= 11 is 0. The maximum Gasteiger partial charge on any atom is 0.271 e. The second kappa shape index (κ2) is 3.99. The van der Waals surface area contributed by atoms with E-state index in [1.54, 1.807) is 0 Å². The molecule has 1 rings (SSSR count). The van der Waals surface area contributed by atoms with Crippen molar-refractivity contribution >= 4 is 12.1 Å². The summed E-state index contributed by atoms with van der Waals surface area (Å²) in [6.07, 6.45) is -1.35. The van der Waals surface area contributed by atoms with Crippen molar-refractivity contribution < 1.29 is 18.3 Å². The lowest BCUT2D eigenvalue weighted by molar-refractivity contribution is 0.111. The van der Waals surface area contributed by atoms with Crippen LogP contribution in [0.4, 0.5) is 14.6 Å². The lowest BCUT2D eigenvalue weighted by Crippen LogP contribution is -2.04. The average Bonchev–Trinajstić information content (AvgIpc) is 2.16. The van der Waals surface area contributed by atoms with E-state index in [2.05, 4.69) is 9.72 Å². The topological polar surface area (TPSA) is 65.2 Å². The van der Waals surface area contributed by atoms with Crippen molar-refractivity contribution in [3.8, 4) is 5.75 Å². The summed E-state index contributed by atoms with van der Waals surface area (Å²) in [6.45, 7) is 0. The van der Waals surface area contributed by atoms with Crippen molar-refractivity contribution in [3.63, 3.8) is 0 Å². The minimum absolute atomic E-state index is 0.0444. The predicted molar refractivity (Wildman–Crippen MR) is 45.5 cm³/mol. The highest BCUT2D eigenvalue weighted by Gasteiger charge is 2.21. The number of carbonyl (C=O) groups is 1. The number of rotatable bonds is 3. The van der Waals surface area contributed by atoms with Crippen LogP contribution in [-0.4, -0.2) is 18.4 Å². The quantitative estimate of drug-likeness (QED) is 0.753. The lowest BCUT2D eigenvalue weighted by Gasteiger charge is -2.11. The number of pyridine rings is 1. The maximum absolute atomic E-state index is 12.5. The first-order chi connectivity index (χ1) is 6.61. The largest absolute Gasteiger partial charge is 0.495 e. The molecule has 14 heavy (non-hydrogen) atoms. The second-order valence-electron chi connectivity index (χ2n) is 2.46. The van der Waals surface area contributed by atoms with Crippen molar-refractivity contribution in [2.24, 2.45) is 0 Å². The van der Waals surface area contributed by atoms with E-state index in [1.165, 1.54) is 7.11 Å². The first kappa shape index (κ1) is 10.4. The maximum atomic E-state index is 12.5. The Morgan fingerprint density at radius 3 is 2.71 bits per heavy atom. The third-order valence-corrected chi connectivity index (χ3v) is 1.67. The fraction of sp³-hybridized carbons (Fsp3) is 0.250. The molecule has 1 aromatic rings. The van der Waals surface area contributed by atoms with Gasteiger partial charge in [0.05, 0.1) is 12.7 Å². The van der Waals surface area contributed by atoms with Crippen LogP contribution in [0.1, 0.15) is 22.3 Å². The molecule has 1 aromatic heterocycles. The summed E-state index contributed by atoms with van der Waals surface area (Å²) in [4.78, 5) is 13.9. The van der Waals surface area contributed by atoms with Gasteiger partial charge < -0.3 is 10.5 Å². The molecular formula is C8H8F2N2O2. The second-order valence-corrected chi connectivity index (χ2v) is 2.46. The molecule has 0 spiro atoms. The predicted octanol–water partition coefficient (Wildman–Crippen LogP) is 1.42. The third kappa shape index (κ3) is 1.63. The molecule has 0 radical (unpaired) electrons. The highest BCUT2D eigenvalue weighted by atomic mass is 19.3. The molecule has 2 N–H and O–H groups in total. The molecule has 0 aromatic carbocycles. The number of alkyl halides is 2. The zero-order valence-corrected chi connectivity index (χ0v) is 7.33. The van der Waals surface area contributed by atoms with Crippen molar-refractivity contribution in [1.82, 2.24) is 4.98 Å². The Balaban J connectivity index is 3.42. The van der Waals surface area contributed by atoms with Crippen LogP contribution in [0.3, 0.4) is 0 Å². The standard InChI is InChI=1S/C8H8F2N2O2/c1-14-6-4(3-13)2-12-8(11)5(6)7(9)10/h2-3,7H,1H3,(H2,11,12). The van der Waals surface area contributed by atoms with E-state index in [1.807, 2.05) is 0 Å². The first-order valence-electron chi connectivity index (χ1n) is 3.67. The number of hydrogen-bond acceptors (Lipinski definition) is 4. The van der Waals surface area contributed by atoms with Crippen LogP contribution in [0.5, 0.6) is 5.75 Å². The molecule has 1 heterocycles. The summed E-state index contributed by atoms with van der Waals surface area (Å²) < 4.78 is 29.6. The summed E-state index contributed by atoms with van der Waals surface area (Å²) in [5, 5.41) is 0. The van der Waals surface area contributed by atoms with Crippen LogP contribution in [0, 0.1) is 0 Å². The van der Waals surface area contributed by atoms with Crippen LogP contribution in [0.2, 0.25) is 0 Å². The molecule has 0 aliphatic carbocycles. The highest BCUT2D eigenvalue weighted by Crippen LogP contribution is 2.34. The van der Waals surface area contributed by atoms with Gasteiger partial charge in [-0.3, -0.25) is 4.79 Å². The van der Waals surface area contributed by atoms with Crippen molar-refractivity contribution in [2.45, 2.75) is 6.43 Å². The van der Waals surface area contributed by atoms with Gasteiger partial charge in [0.1, 0.15) is 17.1 Å². The van der Waals surface area contributed by atoms with Gasteiger partial charge in [-0.15, -0.1) is 0 Å². The van der Waals surface area contributed by atoms with E-state index in [0.29, 0.717) is 6.29 Å². The summed E-state index contributed by atoms with van der Waals surface area (Å²) in [7, 11) is 1.19. The molecule has 0 fully saturated rings. The molecule has 0 unspecified atom stereocenters. The van der Waals surface area contributed by atoms with E-state index >= 15 is 0 Å². The van der Waals surface area contributed by atoms with E-state index < -0.39 is 12.0 Å². The lowest BCUT2D eigenvalue weighted by atomic mass is 10.1. The molecule has 76 valence electrons. The normalized spacial score (nSPS) is 10.3.